The van der Waals surface area contributed by atoms with Crippen molar-refractivity contribution >= 4 is 28.4 Å². The third kappa shape index (κ3) is 2.10. The van der Waals surface area contributed by atoms with Crippen LogP contribution in [0.4, 0.5) is 0 Å². The maximum absolute atomic E-state index is 12.3. The van der Waals surface area contributed by atoms with Crippen LogP contribution in [0, 0.1) is 0 Å². The highest BCUT2D eigenvalue weighted by Crippen LogP contribution is 2.21. The standard InChI is InChI=1S/C14H15ClN2O/c15-11-5-4-10-8-13(16-12(10)9-11)14(18)17-6-2-1-3-7-17/h4-5,8-9,16H,1-3,6-7H2. The monoisotopic (exact) mass is 262 g/mol. The summed E-state index contributed by atoms with van der Waals surface area (Å²) in [6.07, 6.45) is 3.45. The molecule has 0 bridgehead atoms. The molecule has 1 N–H and O–H groups in total. The van der Waals surface area contributed by atoms with Crippen molar-refractivity contribution in [2.75, 3.05) is 13.1 Å². The van der Waals surface area contributed by atoms with Gasteiger partial charge in [0.2, 0.25) is 0 Å². The Morgan fingerprint density at radius 2 is 1.94 bits per heavy atom. The Morgan fingerprint density at radius 3 is 2.72 bits per heavy atom. The van der Waals surface area contributed by atoms with E-state index in [1.54, 1.807) is 0 Å². The fraction of sp³-hybridized carbons (Fsp3) is 0.357. The number of hydrogen-bond donors (Lipinski definition) is 1. The largest absolute Gasteiger partial charge is 0.350 e. The Bertz CT molecular complexity index is 584. The molecule has 2 aromatic rings. The molecule has 3 nitrogen and oxygen atoms in total. The minimum atomic E-state index is 0.0991. The number of aromatic amines is 1. The lowest BCUT2D eigenvalue weighted by atomic mass is 10.1. The van der Waals surface area contributed by atoms with E-state index in [9.17, 15) is 4.79 Å². The zero-order chi connectivity index (χ0) is 12.5. The van der Waals surface area contributed by atoms with Crippen LogP contribution in [0.5, 0.6) is 0 Å². The molecule has 1 fully saturated rings. The lowest BCUT2D eigenvalue weighted by Crippen LogP contribution is -2.35. The molecule has 0 atom stereocenters. The van der Waals surface area contributed by atoms with E-state index in [-0.39, 0.29) is 5.91 Å². The van der Waals surface area contributed by atoms with Gasteiger partial charge in [0.05, 0.1) is 0 Å². The number of hydrogen-bond acceptors (Lipinski definition) is 1. The molecule has 4 heteroatoms. The van der Waals surface area contributed by atoms with E-state index in [4.69, 9.17) is 11.6 Å². The van der Waals surface area contributed by atoms with Gasteiger partial charge in [-0.15, -0.1) is 0 Å². The number of nitrogens with zero attached hydrogens (tertiary/aromatic N) is 1. The summed E-state index contributed by atoms with van der Waals surface area (Å²) in [6.45, 7) is 1.74. The Morgan fingerprint density at radius 1 is 1.17 bits per heavy atom. The highest BCUT2D eigenvalue weighted by atomic mass is 35.5. The summed E-state index contributed by atoms with van der Waals surface area (Å²) in [6, 6.07) is 7.53. The molecular formula is C14H15ClN2O. The molecule has 1 aromatic heterocycles. The topological polar surface area (TPSA) is 36.1 Å². The number of halogens is 1. The van der Waals surface area contributed by atoms with Gasteiger partial charge in [-0.05, 0) is 37.5 Å². The number of likely N-dealkylation sites (tertiary alicyclic amines) is 1. The Labute approximate surface area is 111 Å². The van der Waals surface area contributed by atoms with Gasteiger partial charge in [0.15, 0.2) is 0 Å². The van der Waals surface area contributed by atoms with Gasteiger partial charge >= 0.3 is 0 Å². The van der Waals surface area contributed by atoms with Crippen molar-refractivity contribution in [1.82, 2.24) is 9.88 Å². The van der Waals surface area contributed by atoms with Gasteiger partial charge in [0, 0.05) is 29.0 Å². The van der Waals surface area contributed by atoms with Gasteiger partial charge in [-0.2, -0.15) is 0 Å². The second kappa shape index (κ2) is 4.65. The third-order valence-electron chi connectivity index (χ3n) is 3.46. The van der Waals surface area contributed by atoms with Crippen molar-refractivity contribution < 1.29 is 4.79 Å². The number of amides is 1. The summed E-state index contributed by atoms with van der Waals surface area (Å²) in [4.78, 5) is 17.4. The molecule has 1 saturated heterocycles. The first kappa shape index (κ1) is 11.6. The van der Waals surface area contributed by atoms with Crippen LogP contribution in [-0.2, 0) is 0 Å². The molecule has 1 aliphatic heterocycles. The van der Waals surface area contributed by atoms with E-state index >= 15 is 0 Å². The minimum Gasteiger partial charge on any atom is -0.350 e. The summed E-state index contributed by atoms with van der Waals surface area (Å²) in [5, 5.41) is 1.71. The number of carbonyl (C=O) groups excluding carboxylic acids is 1. The number of aromatic nitrogens is 1. The van der Waals surface area contributed by atoms with E-state index in [1.165, 1.54) is 6.42 Å². The van der Waals surface area contributed by atoms with Crippen LogP contribution in [0.25, 0.3) is 10.9 Å². The Hall–Kier alpha value is -1.48. The van der Waals surface area contributed by atoms with Crippen LogP contribution in [0.2, 0.25) is 5.02 Å². The molecule has 0 saturated carbocycles. The van der Waals surface area contributed by atoms with Crippen molar-refractivity contribution in [3.05, 3.63) is 35.0 Å². The predicted molar refractivity (Wildman–Crippen MR) is 73.1 cm³/mol. The molecule has 3 rings (SSSR count). The number of fused-ring (bicyclic) bond motifs is 1. The average molecular weight is 263 g/mol. The van der Waals surface area contributed by atoms with Crippen LogP contribution >= 0.6 is 11.6 Å². The van der Waals surface area contributed by atoms with E-state index in [0.29, 0.717) is 10.7 Å². The molecule has 0 unspecified atom stereocenters. The van der Waals surface area contributed by atoms with Gasteiger partial charge in [-0.3, -0.25) is 4.79 Å². The van der Waals surface area contributed by atoms with E-state index in [1.807, 2.05) is 29.2 Å². The molecule has 0 spiro atoms. The van der Waals surface area contributed by atoms with Crippen LogP contribution in [0.3, 0.4) is 0 Å². The Balaban J connectivity index is 1.91. The normalized spacial score (nSPS) is 16.2. The first-order chi connectivity index (χ1) is 8.74. The van der Waals surface area contributed by atoms with Gasteiger partial charge in [-0.1, -0.05) is 17.7 Å². The number of carbonyl (C=O) groups is 1. The smallest absolute Gasteiger partial charge is 0.270 e. The van der Waals surface area contributed by atoms with Crippen molar-refractivity contribution in [2.45, 2.75) is 19.3 Å². The molecule has 18 heavy (non-hydrogen) atoms. The molecule has 1 amide bonds. The lowest BCUT2D eigenvalue weighted by molar-refractivity contribution is 0.0719. The zero-order valence-electron chi connectivity index (χ0n) is 10.1. The number of benzene rings is 1. The van der Waals surface area contributed by atoms with Crippen molar-refractivity contribution in [3.8, 4) is 0 Å². The SMILES string of the molecule is O=C(c1cc2ccc(Cl)cc2[nH]1)N1CCCCC1. The van der Waals surface area contributed by atoms with Crippen LogP contribution in [0.1, 0.15) is 29.8 Å². The van der Waals surface area contributed by atoms with Gasteiger partial charge < -0.3 is 9.88 Å². The van der Waals surface area contributed by atoms with Crippen molar-refractivity contribution in [2.24, 2.45) is 0 Å². The van der Waals surface area contributed by atoms with Gasteiger partial charge in [0.25, 0.3) is 5.91 Å². The van der Waals surface area contributed by atoms with Crippen molar-refractivity contribution in [3.63, 3.8) is 0 Å². The third-order valence-corrected chi connectivity index (χ3v) is 3.69. The molecule has 0 radical (unpaired) electrons. The molecule has 0 aliphatic carbocycles. The first-order valence-electron chi connectivity index (χ1n) is 6.31. The van der Waals surface area contributed by atoms with Gasteiger partial charge in [-0.25, -0.2) is 0 Å². The quantitative estimate of drug-likeness (QED) is 0.840. The van der Waals surface area contributed by atoms with Gasteiger partial charge in [0.1, 0.15) is 5.69 Å². The summed E-state index contributed by atoms with van der Waals surface area (Å²) >= 11 is 5.94. The van der Waals surface area contributed by atoms with Crippen LogP contribution < -0.4 is 0 Å². The number of rotatable bonds is 1. The summed E-state index contributed by atoms with van der Waals surface area (Å²) in [5.41, 5.74) is 1.58. The van der Waals surface area contributed by atoms with Crippen molar-refractivity contribution in [1.29, 1.82) is 0 Å². The fourth-order valence-corrected chi connectivity index (χ4v) is 2.65. The van der Waals surface area contributed by atoms with E-state index in [0.717, 1.165) is 36.8 Å². The summed E-state index contributed by atoms with van der Waals surface area (Å²) in [7, 11) is 0. The predicted octanol–water partition coefficient (Wildman–Crippen LogP) is 3.45. The number of H-pyrrole nitrogens is 1. The molecular weight excluding hydrogens is 248 g/mol. The fourth-order valence-electron chi connectivity index (χ4n) is 2.48. The second-order valence-corrected chi connectivity index (χ2v) is 5.20. The average Bonchev–Trinajstić information content (AvgIpc) is 2.81. The van der Waals surface area contributed by atoms with Crippen LogP contribution in [0.15, 0.2) is 24.3 Å². The molecule has 94 valence electrons. The highest BCUT2D eigenvalue weighted by molar-refractivity contribution is 6.31. The minimum absolute atomic E-state index is 0.0991. The molecule has 1 aliphatic rings. The summed E-state index contributed by atoms with van der Waals surface area (Å²) in [5.74, 6) is 0.0991. The van der Waals surface area contributed by atoms with E-state index < -0.39 is 0 Å². The maximum Gasteiger partial charge on any atom is 0.270 e. The second-order valence-electron chi connectivity index (χ2n) is 4.77. The lowest BCUT2D eigenvalue weighted by Gasteiger charge is -2.26. The zero-order valence-corrected chi connectivity index (χ0v) is 10.8. The first-order valence-corrected chi connectivity index (χ1v) is 6.69. The Kier molecular flexibility index (Phi) is 3.00. The van der Waals surface area contributed by atoms with Crippen LogP contribution in [-0.4, -0.2) is 28.9 Å². The molecule has 2 heterocycles. The summed E-state index contributed by atoms with van der Waals surface area (Å²) < 4.78 is 0. The highest BCUT2D eigenvalue weighted by Gasteiger charge is 2.19. The number of piperidine rings is 1. The van der Waals surface area contributed by atoms with E-state index in [2.05, 4.69) is 4.98 Å². The number of nitrogens with one attached hydrogen (secondary N) is 1. The molecule has 1 aromatic carbocycles. The maximum atomic E-state index is 12.3.